The molecule has 102 valence electrons. The largest absolute Gasteiger partial charge is 0.480 e. The van der Waals surface area contributed by atoms with Crippen LogP contribution < -0.4 is 0 Å². The third kappa shape index (κ3) is 2.03. The van der Waals surface area contributed by atoms with Crippen LogP contribution in [0.5, 0.6) is 0 Å². The Bertz CT molecular complexity index is 505. The number of rotatable bonds is 3. The van der Waals surface area contributed by atoms with Crippen molar-refractivity contribution in [1.82, 2.24) is 9.47 Å². The Morgan fingerprint density at radius 1 is 1.21 bits per heavy atom. The molecule has 1 aliphatic heterocycles. The summed E-state index contributed by atoms with van der Waals surface area (Å²) >= 11 is 0. The third-order valence-corrected chi connectivity index (χ3v) is 4.26. The van der Waals surface area contributed by atoms with E-state index in [0.29, 0.717) is 24.7 Å². The predicted octanol–water partition coefficient (Wildman–Crippen LogP) is 1.90. The van der Waals surface area contributed by atoms with Gasteiger partial charge < -0.3 is 14.6 Å². The molecule has 3 rings (SSSR count). The van der Waals surface area contributed by atoms with Gasteiger partial charge in [-0.25, -0.2) is 4.79 Å². The normalized spacial score (nSPS) is 23.4. The second kappa shape index (κ2) is 4.72. The molecule has 2 aliphatic rings. The van der Waals surface area contributed by atoms with Gasteiger partial charge in [0.1, 0.15) is 11.7 Å². The minimum atomic E-state index is -0.896. The van der Waals surface area contributed by atoms with Crippen molar-refractivity contribution in [3.05, 3.63) is 24.0 Å². The van der Waals surface area contributed by atoms with Crippen molar-refractivity contribution in [1.29, 1.82) is 0 Å². The van der Waals surface area contributed by atoms with Gasteiger partial charge in [-0.3, -0.25) is 4.79 Å². The molecule has 0 bridgehead atoms. The highest BCUT2D eigenvalue weighted by molar-refractivity contribution is 5.95. The van der Waals surface area contributed by atoms with E-state index in [1.165, 1.54) is 11.3 Å². The summed E-state index contributed by atoms with van der Waals surface area (Å²) in [5.41, 5.74) is 0.637. The Labute approximate surface area is 111 Å². The van der Waals surface area contributed by atoms with E-state index in [2.05, 4.69) is 0 Å². The summed E-state index contributed by atoms with van der Waals surface area (Å²) in [5, 5.41) is 9.17. The number of hydrogen-bond acceptors (Lipinski definition) is 2. The number of likely N-dealkylation sites (tertiary alicyclic amines) is 1. The van der Waals surface area contributed by atoms with Gasteiger partial charge in [0.15, 0.2) is 0 Å². The monoisotopic (exact) mass is 262 g/mol. The quantitative estimate of drug-likeness (QED) is 0.905. The van der Waals surface area contributed by atoms with Crippen molar-refractivity contribution in [2.75, 3.05) is 6.54 Å². The maximum atomic E-state index is 12.5. The second-order valence-electron chi connectivity index (χ2n) is 5.38. The lowest BCUT2D eigenvalue weighted by molar-refractivity contribution is -0.141. The van der Waals surface area contributed by atoms with Crippen LogP contribution in [-0.4, -0.2) is 39.0 Å². The van der Waals surface area contributed by atoms with E-state index in [-0.39, 0.29) is 5.91 Å². The van der Waals surface area contributed by atoms with E-state index in [0.717, 1.165) is 19.3 Å². The number of carbonyl (C=O) groups is 2. The summed E-state index contributed by atoms with van der Waals surface area (Å²) < 4.78 is 2.02. The van der Waals surface area contributed by atoms with Crippen LogP contribution in [0, 0.1) is 0 Å². The molecule has 0 aromatic carbocycles. The van der Waals surface area contributed by atoms with Crippen molar-refractivity contribution >= 4 is 11.9 Å². The standard InChI is InChI=1S/C14H18N2O3/c17-13(16-9-3-7-12(16)14(18)19)11-6-2-8-15(11)10-4-1-5-10/h2,6,8,10,12H,1,3-5,7,9H2,(H,18,19)/t12-/m0/s1. The summed E-state index contributed by atoms with van der Waals surface area (Å²) in [7, 11) is 0. The zero-order valence-corrected chi connectivity index (χ0v) is 10.8. The van der Waals surface area contributed by atoms with Crippen LogP contribution in [-0.2, 0) is 4.79 Å². The van der Waals surface area contributed by atoms with Gasteiger partial charge in [0.25, 0.3) is 5.91 Å². The molecule has 19 heavy (non-hydrogen) atoms. The summed E-state index contributed by atoms with van der Waals surface area (Å²) in [6, 6.07) is 3.44. The van der Waals surface area contributed by atoms with Crippen molar-refractivity contribution in [3.8, 4) is 0 Å². The van der Waals surface area contributed by atoms with E-state index >= 15 is 0 Å². The molecule has 1 amide bonds. The predicted molar refractivity (Wildman–Crippen MR) is 69.0 cm³/mol. The highest BCUT2D eigenvalue weighted by Gasteiger charge is 2.36. The highest BCUT2D eigenvalue weighted by atomic mass is 16.4. The molecule has 2 heterocycles. The molecule has 0 unspecified atom stereocenters. The first kappa shape index (κ1) is 12.3. The summed E-state index contributed by atoms with van der Waals surface area (Å²) in [6.07, 6.45) is 6.69. The molecule has 1 aromatic rings. The Balaban J connectivity index is 1.83. The first-order valence-corrected chi connectivity index (χ1v) is 6.89. The zero-order valence-electron chi connectivity index (χ0n) is 10.8. The molecule has 1 aliphatic carbocycles. The molecule has 2 fully saturated rings. The fourth-order valence-electron chi connectivity index (χ4n) is 2.97. The van der Waals surface area contributed by atoms with Gasteiger partial charge in [0, 0.05) is 18.8 Å². The van der Waals surface area contributed by atoms with Crippen LogP contribution in [0.3, 0.4) is 0 Å². The van der Waals surface area contributed by atoms with Crippen LogP contribution in [0.1, 0.15) is 48.6 Å². The van der Waals surface area contributed by atoms with E-state index in [1.54, 1.807) is 6.07 Å². The number of carboxylic acids is 1. The first-order chi connectivity index (χ1) is 9.18. The second-order valence-corrected chi connectivity index (χ2v) is 5.38. The third-order valence-electron chi connectivity index (χ3n) is 4.26. The minimum absolute atomic E-state index is 0.137. The topological polar surface area (TPSA) is 62.5 Å². The summed E-state index contributed by atoms with van der Waals surface area (Å²) in [6.45, 7) is 0.547. The SMILES string of the molecule is O=C(O)[C@@H]1CCCN1C(=O)c1cccn1C1CCC1. The van der Waals surface area contributed by atoms with Crippen molar-refractivity contribution in [2.24, 2.45) is 0 Å². The average molecular weight is 262 g/mol. The van der Waals surface area contributed by atoms with Gasteiger partial charge in [-0.1, -0.05) is 0 Å². The maximum absolute atomic E-state index is 12.5. The Morgan fingerprint density at radius 3 is 2.63 bits per heavy atom. The lowest BCUT2D eigenvalue weighted by Crippen LogP contribution is -2.41. The van der Waals surface area contributed by atoms with Gasteiger partial charge in [-0.2, -0.15) is 0 Å². The number of hydrogen-bond donors (Lipinski definition) is 1. The van der Waals surface area contributed by atoms with Gasteiger partial charge in [0.05, 0.1) is 0 Å². The molecule has 0 radical (unpaired) electrons. The number of amides is 1. The van der Waals surface area contributed by atoms with E-state index < -0.39 is 12.0 Å². The van der Waals surface area contributed by atoms with E-state index in [4.69, 9.17) is 5.11 Å². The zero-order chi connectivity index (χ0) is 13.4. The van der Waals surface area contributed by atoms with Crippen LogP contribution >= 0.6 is 0 Å². The van der Waals surface area contributed by atoms with Crippen LogP contribution in [0.25, 0.3) is 0 Å². The number of carboxylic acid groups (broad SMARTS) is 1. The number of carbonyl (C=O) groups excluding carboxylic acids is 1. The molecular formula is C14H18N2O3. The molecule has 5 nitrogen and oxygen atoms in total. The van der Waals surface area contributed by atoms with Crippen molar-refractivity contribution in [3.63, 3.8) is 0 Å². The first-order valence-electron chi connectivity index (χ1n) is 6.89. The smallest absolute Gasteiger partial charge is 0.326 e. The molecule has 1 aromatic heterocycles. The van der Waals surface area contributed by atoms with Gasteiger partial charge in [0.2, 0.25) is 0 Å². The fourth-order valence-corrected chi connectivity index (χ4v) is 2.97. The van der Waals surface area contributed by atoms with Crippen LogP contribution in [0.15, 0.2) is 18.3 Å². The van der Waals surface area contributed by atoms with Crippen LogP contribution in [0.4, 0.5) is 0 Å². The van der Waals surface area contributed by atoms with Crippen LogP contribution in [0.2, 0.25) is 0 Å². The lowest BCUT2D eigenvalue weighted by Gasteiger charge is -2.30. The number of aromatic nitrogens is 1. The molecule has 1 atom stereocenters. The summed E-state index contributed by atoms with van der Waals surface area (Å²) in [4.78, 5) is 25.2. The summed E-state index contributed by atoms with van der Waals surface area (Å²) in [5.74, 6) is -1.03. The fraction of sp³-hybridized carbons (Fsp3) is 0.571. The number of aliphatic carboxylic acids is 1. The molecule has 1 saturated heterocycles. The highest BCUT2D eigenvalue weighted by Crippen LogP contribution is 2.33. The lowest BCUT2D eigenvalue weighted by atomic mass is 9.93. The minimum Gasteiger partial charge on any atom is -0.480 e. The molecule has 0 spiro atoms. The van der Waals surface area contributed by atoms with Gasteiger partial charge >= 0.3 is 5.97 Å². The van der Waals surface area contributed by atoms with E-state index in [9.17, 15) is 9.59 Å². The molecule has 5 heteroatoms. The van der Waals surface area contributed by atoms with Crippen molar-refractivity contribution in [2.45, 2.75) is 44.2 Å². The molecule has 1 saturated carbocycles. The van der Waals surface area contributed by atoms with Gasteiger partial charge in [-0.15, -0.1) is 0 Å². The average Bonchev–Trinajstić information content (AvgIpc) is 2.93. The van der Waals surface area contributed by atoms with Crippen molar-refractivity contribution < 1.29 is 14.7 Å². The number of nitrogens with zero attached hydrogens (tertiary/aromatic N) is 2. The van der Waals surface area contributed by atoms with E-state index in [1.807, 2.05) is 16.8 Å². The molecular weight excluding hydrogens is 244 g/mol. The Kier molecular flexibility index (Phi) is 3.05. The Morgan fingerprint density at radius 2 is 2.00 bits per heavy atom. The molecule has 1 N–H and O–H groups in total. The Hall–Kier alpha value is -1.78. The van der Waals surface area contributed by atoms with Gasteiger partial charge in [-0.05, 0) is 44.2 Å². The maximum Gasteiger partial charge on any atom is 0.326 e.